The third-order valence-corrected chi connectivity index (χ3v) is 3.92. The van der Waals surface area contributed by atoms with Crippen LogP contribution >= 0.6 is 0 Å². The number of piperidine rings is 1. The standard InChI is InChI=1S/C15H28N4/c1-13(2)17-15-16-8-12-19(15)11-6-10-18-9-5-4-7-14(18)3/h8,12-14H,4-7,9-11H2,1-3H3,(H,16,17). The molecule has 0 amide bonds. The van der Waals surface area contributed by atoms with Crippen molar-refractivity contribution in [3.8, 4) is 0 Å². The van der Waals surface area contributed by atoms with Crippen LogP contribution in [0.5, 0.6) is 0 Å². The minimum atomic E-state index is 0.434. The van der Waals surface area contributed by atoms with Gasteiger partial charge in [-0.1, -0.05) is 6.42 Å². The van der Waals surface area contributed by atoms with Gasteiger partial charge in [0.25, 0.3) is 0 Å². The van der Waals surface area contributed by atoms with Crippen molar-refractivity contribution >= 4 is 5.95 Å². The molecule has 1 fully saturated rings. The Balaban J connectivity index is 1.77. The fourth-order valence-corrected chi connectivity index (χ4v) is 2.82. The minimum Gasteiger partial charge on any atom is -0.353 e. The topological polar surface area (TPSA) is 33.1 Å². The number of imidazole rings is 1. The first-order valence-electron chi connectivity index (χ1n) is 7.68. The molecule has 2 rings (SSSR count). The Morgan fingerprint density at radius 1 is 1.37 bits per heavy atom. The van der Waals surface area contributed by atoms with Crippen LogP contribution in [0.2, 0.25) is 0 Å². The first kappa shape index (κ1) is 14.4. The fourth-order valence-electron chi connectivity index (χ4n) is 2.82. The van der Waals surface area contributed by atoms with Gasteiger partial charge in [-0.15, -0.1) is 0 Å². The van der Waals surface area contributed by atoms with Gasteiger partial charge < -0.3 is 14.8 Å². The second kappa shape index (κ2) is 6.94. The molecule has 0 saturated carbocycles. The van der Waals surface area contributed by atoms with Crippen LogP contribution in [0.4, 0.5) is 5.95 Å². The van der Waals surface area contributed by atoms with E-state index in [9.17, 15) is 0 Å². The first-order chi connectivity index (χ1) is 9.16. The number of aromatic nitrogens is 2. The molecule has 0 radical (unpaired) electrons. The van der Waals surface area contributed by atoms with E-state index in [0.29, 0.717) is 6.04 Å². The number of hydrogen-bond donors (Lipinski definition) is 1. The summed E-state index contributed by atoms with van der Waals surface area (Å²) in [7, 11) is 0. The Hall–Kier alpha value is -1.03. The van der Waals surface area contributed by atoms with Gasteiger partial charge in [0, 0.05) is 37.6 Å². The molecule has 108 valence electrons. The van der Waals surface area contributed by atoms with Crippen LogP contribution in [0.3, 0.4) is 0 Å². The van der Waals surface area contributed by atoms with Crippen LogP contribution in [-0.4, -0.2) is 39.6 Å². The molecule has 2 heterocycles. The highest BCUT2D eigenvalue weighted by Crippen LogP contribution is 2.17. The average molecular weight is 264 g/mol. The van der Waals surface area contributed by atoms with Crippen molar-refractivity contribution in [2.24, 2.45) is 0 Å². The molecule has 1 saturated heterocycles. The van der Waals surface area contributed by atoms with E-state index in [1.807, 2.05) is 6.20 Å². The molecule has 1 unspecified atom stereocenters. The van der Waals surface area contributed by atoms with Gasteiger partial charge in [-0.3, -0.25) is 0 Å². The van der Waals surface area contributed by atoms with E-state index in [-0.39, 0.29) is 0 Å². The molecule has 1 aliphatic heterocycles. The number of nitrogens with zero attached hydrogens (tertiary/aromatic N) is 3. The Bertz CT molecular complexity index is 372. The van der Waals surface area contributed by atoms with E-state index in [2.05, 4.69) is 46.7 Å². The summed E-state index contributed by atoms with van der Waals surface area (Å²) in [6.07, 6.45) is 9.30. The van der Waals surface area contributed by atoms with Crippen molar-refractivity contribution in [3.05, 3.63) is 12.4 Å². The second-order valence-corrected chi connectivity index (χ2v) is 5.98. The fraction of sp³-hybridized carbons (Fsp3) is 0.800. The summed E-state index contributed by atoms with van der Waals surface area (Å²) in [5.41, 5.74) is 0. The maximum atomic E-state index is 4.37. The van der Waals surface area contributed by atoms with Gasteiger partial charge in [0.15, 0.2) is 0 Å². The lowest BCUT2D eigenvalue weighted by Crippen LogP contribution is -2.38. The Kier molecular flexibility index (Phi) is 5.25. The molecule has 1 aliphatic rings. The smallest absolute Gasteiger partial charge is 0.202 e. The second-order valence-electron chi connectivity index (χ2n) is 5.98. The van der Waals surface area contributed by atoms with Crippen molar-refractivity contribution < 1.29 is 0 Å². The van der Waals surface area contributed by atoms with Gasteiger partial charge in [0.05, 0.1) is 0 Å². The summed E-state index contributed by atoms with van der Waals surface area (Å²) in [6.45, 7) is 10.2. The van der Waals surface area contributed by atoms with Gasteiger partial charge in [0.1, 0.15) is 0 Å². The van der Waals surface area contributed by atoms with Crippen LogP contribution in [0, 0.1) is 0 Å². The number of hydrogen-bond acceptors (Lipinski definition) is 3. The quantitative estimate of drug-likeness (QED) is 0.857. The van der Waals surface area contributed by atoms with Crippen molar-refractivity contribution in [2.45, 2.75) is 65.1 Å². The van der Waals surface area contributed by atoms with Crippen LogP contribution in [0.15, 0.2) is 12.4 Å². The number of nitrogens with one attached hydrogen (secondary N) is 1. The van der Waals surface area contributed by atoms with Crippen molar-refractivity contribution in [1.82, 2.24) is 14.5 Å². The normalized spacial score (nSPS) is 20.9. The summed E-state index contributed by atoms with van der Waals surface area (Å²) < 4.78 is 2.23. The van der Waals surface area contributed by atoms with Crippen LogP contribution in [-0.2, 0) is 6.54 Å². The van der Waals surface area contributed by atoms with E-state index in [4.69, 9.17) is 0 Å². The lowest BCUT2D eigenvalue weighted by molar-refractivity contribution is 0.157. The number of anilines is 1. The van der Waals surface area contributed by atoms with Gasteiger partial charge in [-0.2, -0.15) is 0 Å². The summed E-state index contributed by atoms with van der Waals surface area (Å²) in [5, 5.41) is 3.39. The lowest BCUT2D eigenvalue weighted by Gasteiger charge is -2.33. The molecule has 1 N–H and O–H groups in total. The van der Waals surface area contributed by atoms with Crippen molar-refractivity contribution in [3.63, 3.8) is 0 Å². The van der Waals surface area contributed by atoms with Crippen LogP contribution in [0.1, 0.15) is 46.5 Å². The van der Waals surface area contributed by atoms with Crippen LogP contribution in [0.25, 0.3) is 0 Å². The maximum Gasteiger partial charge on any atom is 0.202 e. The Labute approximate surface area is 117 Å². The summed E-state index contributed by atoms with van der Waals surface area (Å²) >= 11 is 0. The zero-order valence-electron chi connectivity index (χ0n) is 12.6. The Morgan fingerprint density at radius 3 is 2.95 bits per heavy atom. The van der Waals surface area contributed by atoms with Gasteiger partial charge in [0.2, 0.25) is 5.95 Å². The predicted octanol–water partition coefficient (Wildman–Crippen LogP) is 2.97. The van der Waals surface area contributed by atoms with E-state index >= 15 is 0 Å². The molecule has 4 heteroatoms. The molecule has 4 nitrogen and oxygen atoms in total. The third-order valence-electron chi connectivity index (χ3n) is 3.92. The van der Waals surface area contributed by atoms with Crippen molar-refractivity contribution in [2.75, 3.05) is 18.4 Å². The zero-order valence-corrected chi connectivity index (χ0v) is 12.6. The molecule has 1 atom stereocenters. The lowest BCUT2D eigenvalue weighted by atomic mass is 10.0. The molecule has 1 aromatic rings. The van der Waals surface area contributed by atoms with E-state index in [1.54, 1.807) is 0 Å². The molecule has 0 aliphatic carbocycles. The highest BCUT2D eigenvalue weighted by Gasteiger charge is 2.17. The molecular formula is C15H28N4. The summed E-state index contributed by atoms with van der Waals surface area (Å²) in [6, 6.07) is 1.20. The van der Waals surface area contributed by atoms with E-state index in [1.165, 1.54) is 38.8 Å². The highest BCUT2D eigenvalue weighted by molar-refractivity contribution is 5.26. The zero-order chi connectivity index (χ0) is 13.7. The molecule has 1 aromatic heterocycles. The first-order valence-corrected chi connectivity index (χ1v) is 7.68. The Morgan fingerprint density at radius 2 is 2.21 bits per heavy atom. The highest BCUT2D eigenvalue weighted by atomic mass is 15.2. The van der Waals surface area contributed by atoms with Crippen molar-refractivity contribution in [1.29, 1.82) is 0 Å². The van der Waals surface area contributed by atoms with Crippen LogP contribution < -0.4 is 5.32 Å². The average Bonchev–Trinajstić information content (AvgIpc) is 2.78. The largest absolute Gasteiger partial charge is 0.353 e. The van der Waals surface area contributed by atoms with E-state index in [0.717, 1.165) is 18.5 Å². The summed E-state index contributed by atoms with van der Waals surface area (Å²) in [4.78, 5) is 7.01. The summed E-state index contributed by atoms with van der Waals surface area (Å²) in [5.74, 6) is 1.00. The van der Waals surface area contributed by atoms with E-state index < -0.39 is 0 Å². The third kappa shape index (κ3) is 4.23. The molecule has 0 aromatic carbocycles. The maximum absolute atomic E-state index is 4.37. The molecular weight excluding hydrogens is 236 g/mol. The predicted molar refractivity (Wildman–Crippen MR) is 80.5 cm³/mol. The molecule has 0 bridgehead atoms. The van der Waals surface area contributed by atoms with Gasteiger partial charge in [-0.25, -0.2) is 4.98 Å². The monoisotopic (exact) mass is 264 g/mol. The molecule has 19 heavy (non-hydrogen) atoms. The van der Waals surface area contributed by atoms with Gasteiger partial charge in [-0.05, 0) is 46.6 Å². The minimum absolute atomic E-state index is 0.434. The number of rotatable bonds is 6. The van der Waals surface area contributed by atoms with Gasteiger partial charge >= 0.3 is 0 Å². The number of aryl methyl sites for hydroxylation is 1. The number of likely N-dealkylation sites (tertiary alicyclic amines) is 1. The molecule has 0 spiro atoms. The SMILES string of the molecule is CC(C)Nc1nccn1CCCN1CCCCC1C.